The van der Waals surface area contributed by atoms with Crippen molar-refractivity contribution in [2.75, 3.05) is 51.0 Å². The number of hydrogen-bond acceptors (Lipinski definition) is 7. The molecule has 1 aliphatic carbocycles. The Morgan fingerprint density at radius 1 is 1.00 bits per heavy atom. The SMILES string of the molecule is COc1cc2nc(N3CCN(C(=O)CC4CCCCCC4)CC3)nc(N)c2cc1OC. The summed E-state index contributed by atoms with van der Waals surface area (Å²) in [5, 5.41) is 0.735. The summed E-state index contributed by atoms with van der Waals surface area (Å²) in [6.07, 6.45) is 8.26. The fourth-order valence-electron chi connectivity index (χ4n) is 4.71. The van der Waals surface area contributed by atoms with Gasteiger partial charge in [-0.25, -0.2) is 4.98 Å². The Labute approximate surface area is 183 Å². The van der Waals surface area contributed by atoms with Crippen LogP contribution < -0.4 is 20.1 Å². The quantitative estimate of drug-likeness (QED) is 0.732. The molecule has 2 aromatic rings. The van der Waals surface area contributed by atoms with E-state index in [1.54, 1.807) is 20.3 Å². The van der Waals surface area contributed by atoms with Gasteiger partial charge in [0.05, 0.1) is 19.7 Å². The molecule has 8 nitrogen and oxygen atoms in total. The van der Waals surface area contributed by atoms with E-state index in [-0.39, 0.29) is 0 Å². The molecule has 4 rings (SSSR count). The number of methoxy groups -OCH3 is 2. The van der Waals surface area contributed by atoms with Crippen molar-refractivity contribution in [2.45, 2.75) is 44.9 Å². The summed E-state index contributed by atoms with van der Waals surface area (Å²) in [6, 6.07) is 3.62. The van der Waals surface area contributed by atoms with Gasteiger partial charge in [-0.05, 0) is 24.8 Å². The summed E-state index contributed by atoms with van der Waals surface area (Å²) in [4.78, 5) is 26.1. The Morgan fingerprint density at radius 2 is 1.65 bits per heavy atom. The zero-order valence-electron chi connectivity index (χ0n) is 18.6. The lowest BCUT2D eigenvalue weighted by Gasteiger charge is -2.35. The smallest absolute Gasteiger partial charge is 0.228 e. The largest absolute Gasteiger partial charge is 0.493 e. The number of hydrogen-bond donors (Lipinski definition) is 1. The highest BCUT2D eigenvalue weighted by Gasteiger charge is 2.25. The average molecular weight is 428 g/mol. The van der Waals surface area contributed by atoms with Gasteiger partial charge >= 0.3 is 0 Å². The Kier molecular flexibility index (Phi) is 6.63. The van der Waals surface area contributed by atoms with Crippen LogP contribution in [0.4, 0.5) is 11.8 Å². The average Bonchev–Trinajstić information content (AvgIpc) is 3.07. The number of nitrogens with two attached hydrogens (primary N) is 1. The molecule has 0 bridgehead atoms. The maximum Gasteiger partial charge on any atom is 0.228 e. The Morgan fingerprint density at radius 3 is 2.29 bits per heavy atom. The molecule has 31 heavy (non-hydrogen) atoms. The fourth-order valence-corrected chi connectivity index (χ4v) is 4.71. The maximum atomic E-state index is 12.8. The summed E-state index contributed by atoms with van der Waals surface area (Å²) in [5.41, 5.74) is 6.95. The van der Waals surface area contributed by atoms with Crippen LogP contribution in [0.15, 0.2) is 12.1 Å². The summed E-state index contributed by atoms with van der Waals surface area (Å²) >= 11 is 0. The predicted octanol–water partition coefficient (Wildman–Crippen LogP) is 3.24. The number of aromatic nitrogens is 2. The lowest BCUT2D eigenvalue weighted by Crippen LogP contribution is -2.49. The first-order chi connectivity index (χ1) is 15.1. The molecule has 1 saturated heterocycles. The molecule has 1 saturated carbocycles. The first kappa shape index (κ1) is 21.5. The van der Waals surface area contributed by atoms with E-state index in [0.717, 1.165) is 5.39 Å². The van der Waals surface area contributed by atoms with Crippen LogP contribution in [-0.2, 0) is 4.79 Å². The molecule has 1 amide bonds. The van der Waals surface area contributed by atoms with Crippen molar-refractivity contribution in [3.8, 4) is 11.5 Å². The zero-order valence-corrected chi connectivity index (χ0v) is 18.6. The van der Waals surface area contributed by atoms with E-state index in [9.17, 15) is 4.79 Å². The second kappa shape index (κ2) is 9.58. The molecule has 2 N–H and O–H groups in total. The normalized spacial score (nSPS) is 18.1. The summed E-state index contributed by atoms with van der Waals surface area (Å²) in [5.74, 6) is 3.05. The van der Waals surface area contributed by atoms with Gasteiger partial charge in [-0.1, -0.05) is 25.7 Å². The number of anilines is 2. The zero-order chi connectivity index (χ0) is 21.8. The van der Waals surface area contributed by atoms with Crippen LogP contribution in [0, 0.1) is 5.92 Å². The van der Waals surface area contributed by atoms with Crippen LogP contribution in [0.3, 0.4) is 0 Å². The lowest BCUT2D eigenvalue weighted by molar-refractivity contribution is -0.132. The number of piperazine rings is 1. The lowest BCUT2D eigenvalue weighted by atomic mass is 9.96. The standard InChI is InChI=1S/C23H33N5O3/c1-30-19-14-17-18(15-20(19)31-2)25-23(26-22(17)24)28-11-9-27(10-12-28)21(29)13-16-7-5-3-4-6-8-16/h14-16H,3-13H2,1-2H3,(H2,24,25,26). The van der Waals surface area contributed by atoms with Crippen LogP contribution in [0.5, 0.6) is 11.5 Å². The molecule has 8 heteroatoms. The number of carbonyl (C=O) groups is 1. The highest BCUT2D eigenvalue weighted by atomic mass is 16.5. The fraction of sp³-hybridized carbons (Fsp3) is 0.609. The third kappa shape index (κ3) is 4.78. The van der Waals surface area contributed by atoms with E-state index in [0.29, 0.717) is 73.2 Å². The van der Waals surface area contributed by atoms with Crippen molar-refractivity contribution >= 4 is 28.6 Å². The number of benzene rings is 1. The number of rotatable bonds is 5. The first-order valence-corrected chi connectivity index (χ1v) is 11.3. The minimum Gasteiger partial charge on any atom is -0.493 e. The molecule has 0 radical (unpaired) electrons. The Balaban J connectivity index is 1.42. The molecule has 1 aliphatic heterocycles. The molecule has 0 spiro atoms. The van der Waals surface area contributed by atoms with Gasteiger partial charge in [-0.3, -0.25) is 4.79 Å². The van der Waals surface area contributed by atoms with Gasteiger partial charge in [0.15, 0.2) is 11.5 Å². The third-order valence-corrected chi connectivity index (χ3v) is 6.57. The van der Waals surface area contributed by atoms with Crippen molar-refractivity contribution in [2.24, 2.45) is 5.92 Å². The van der Waals surface area contributed by atoms with Gasteiger partial charge in [0, 0.05) is 44.1 Å². The van der Waals surface area contributed by atoms with Crippen molar-refractivity contribution in [1.82, 2.24) is 14.9 Å². The van der Waals surface area contributed by atoms with Crippen LogP contribution >= 0.6 is 0 Å². The Hall–Kier alpha value is -2.77. The number of ether oxygens (including phenoxy) is 2. The van der Waals surface area contributed by atoms with Crippen molar-refractivity contribution < 1.29 is 14.3 Å². The maximum absolute atomic E-state index is 12.8. The van der Waals surface area contributed by atoms with E-state index >= 15 is 0 Å². The molecular weight excluding hydrogens is 394 g/mol. The molecule has 2 heterocycles. The molecule has 2 aliphatic rings. The number of nitrogens with zero attached hydrogens (tertiary/aromatic N) is 4. The molecular formula is C23H33N5O3. The van der Waals surface area contributed by atoms with Crippen LogP contribution in [0.25, 0.3) is 10.9 Å². The predicted molar refractivity (Wildman–Crippen MR) is 122 cm³/mol. The number of carbonyl (C=O) groups excluding carboxylic acids is 1. The van der Waals surface area contributed by atoms with E-state index in [4.69, 9.17) is 20.2 Å². The van der Waals surface area contributed by atoms with Crippen molar-refractivity contribution in [1.29, 1.82) is 0 Å². The van der Waals surface area contributed by atoms with Crippen LogP contribution in [0.2, 0.25) is 0 Å². The van der Waals surface area contributed by atoms with Gasteiger partial charge in [0.25, 0.3) is 0 Å². The van der Waals surface area contributed by atoms with E-state index in [1.165, 1.54) is 38.5 Å². The van der Waals surface area contributed by atoms with E-state index in [1.807, 2.05) is 11.0 Å². The topological polar surface area (TPSA) is 93.8 Å². The molecule has 0 unspecified atom stereocenters. The van der Waals surface area contributed by atoms with Gasteiger partial charge in [-0.2, -0.15) is 4.98 Å². The molecule has 1 aromatic carbocycles. The minimum absolute atomic E-state index is 0.294. The van der Waals surface area contributed by atoms with Crippen LogP contribution in [0.1, 0.15) is 44.9 Å². The summed E-state index contributed by atoms with van der Waals surface area (Å²) < 4.78 is 10.8. The summed E-state index contributed by atoms with van der Waals surface area (Å²) in [7, 11) is 3.19. The van der Waals surface area contributed by atoms with E-state index in [2.05, 4.69) is 9.88 Å². The van der Waals surface area contributed by atoms with Crippen molar-refractivity contribution in [3.05, 3.63) is 12.1 Å². The van der Waals surface area contributed by atoms with Crippen molar-refractivity contribution in [3.63, 3.8) is 0 Å². The molecule has 0 atom stereocenters. The number of fused-ring (bicyclic) bond motifs is 1. The molecule has 2 fully saturated rings. The second-order valence-electron chi connectivity index (χ2n) is 8.56. The van der Waals surface area contributed by atoms with Gasteiger partial charge in [0.1, 0.15) is 5.82 Å². The second-order valence-corrected chi connectivity index (χ2v) is 8.56. The molecule has 168 valence electrons. The summed E-state index contributed by atoms with van der Waals surface area (Å²) in [6.45, 7) is 2.79. The van der Waals surface area contributed by atoms with Gasteiger partial charge in [-0.15, -0.1) is 0 Å². The first-order valence-electron chi connectivity index (χ1n) is 11.3. The number of amides is 1. The van der Waals surface area contributed by atoms with Gasteiger partial charge < -0.3 is 25.0 Å². The minimum atomic E-state index is 0.294. The highest BCUT2D eigenvalue weighted by molar-refractivity contribution is 5.91. The van der Waals surface area contributed by atoms with E-state index < -0.39 is 0 Å². The monoisotopic (exact) mass is 427 g/mol. The number of nitrogen functional groups attached to an aromatic ring is 1. The highest BCUT2D eigenvalue weighted by Crippen LogP contribution is 2.34. The third-order valence-electron chi connectivity index (χ3n) is 6.57. The van der Waals surface area contributed by atoms with Crippen LogP contribution in [-0.4, -0.2) is 61.2 Å². The molecule has 1 aromatic heterocycles. The van der Waals surface area contributed by atoms with Gasteiger partial charge in [0.2, 0.25) is 11.9 Å². The Bertz CT molecular complexity index is 919.